The zero-order chi connectivity index (χ0) is 17.8. The molecule has 1 aliphatic rings. The smallest absolute Gasteiger partial charge is 0.173 e. The van der Waals surface area contributed by atoms with Crippen molar-refractivity contribution in [1.29, 1.82) is 0 Å². The number of nitrogens with one attached hydrogen (secondary N) is 1. The fourth-order valence-electron chi connectivity index (χ4n) is 3.04. The highest BCUT2D eigenvalue weighted by atomic mass is 32.1. The molecule has 0 unspecified atom stereocenters. The summed E-state index contributed by atoms with van der Waals surface area (Å²) >= 11 is 5.60. The van der Waals surface area contributed by atoms with Gasteiger partial charge in [-0.15, -0.1) is 0 Å². The Labute approximate surface area is 154 Å². The molecule has 2 aromatic rings. The molecular formula is C20H24FN3S. The second kappa shape index (κ2) is 7.93. The summed E-state index contributed by atoms with van der Waals surface area (Å²) in [6, 6.07) is 13.0. The van der Waals surface area contributed by atoms with Crippen molar-refractivity contribution >= 4 is 23.0 Å². The number of rotatable bonds is 3. The van der Waals surface area contributed by atoms with Crippen LogP contribution in [0.1, 0.15) is 16.7 Å². The molecular weight excluding hydrogens is 333 g/mol. The summed E-state index contributed by atoms with van der Waals surface area (Å²) in [5.74, 6) is -0.184. The van der Waals surface area contributed by atoms with Crippen LogP contribution in [0.5, 0.6) is 0 Å². The number of benzene rings is 2. The number of anilines is 1. The minimum absolute atomic E-state index is 0.184. The Morgan fingerprint density at radius 2 is 1.72 bits per heavy atom. The summed E-state index contributed by atoms with van der Waals surface area (Å²) in [6.07, 6.45) is 0. The molecule has 0 atom stereocenters. The average Bonchev–Trinajstić information content (AvgIpc) is 2.61. The van der Waals surface area contributed by atoms with Crippen LogP contribution in [0.15, 0.2) is 42.5 Å². The summed E-state index contributed by atoms with van der Waals surface area (Å²) < 4.78 is 13.0. The molecule has 0 spiro atoms. The molecule has 1 heterocycles. The number of thiocarbonyl (C=S) groups is 1. The van der Waals surface area contributed by atoms with Gasteiger partial charge in [0, 0.05) is 38.4 Å². The van der Waals surface area contributed by atoms with Crippen molar-refractivity contribution in [2.24, 2.45) is 0 Å². The van der Waals surface area contributed by atoms with Crippen molar-refractivity contribution < 1.29 is 4.39 Å². The Kier molecular flexibility index (Phi) is 5.66. The van der Waals surface area contributed by atoms with Gasteiger partial charge in [0.1, 0.15) is 5.82 Å². The van der Waals surface area contributed by atoms with Crippen LogP contribution < -0.4 is 5.32 Å². The van der Waals surface area contributed by atoms with Gasteiger partial charge in [-0.25, -0.2) is 4.39 Å². The summed E-state index contributed by atoms with van der Waals surface area (Å²) in [6.45, 7) is 8.78. The SMILES string of the molecule is Cc1cccc(NC(=S)N2CCN(Cc3ccc(F)cc3)CC2)c1C. The minimum atomic E-state index is -0.184. The quantitative estimate of drug-likeness (QED) is 0.838. The highest BCUT2D eigenvalue weighted by Gasteiger charge is 2.19. The van der Waals surface area contributed by atoms with Crippen LogP contribution in [0.2, 0.25) is 0 Å². The van der Waals surface area contributed by atoms with Gasteiger partial charge < -0.3 is 10.2 Å². The van der Waals surface area contributed by atoms with Crippen LogP contribution in [-0.2, 0) is 6.54 Å². The zero-order valence-corrected chi connectivity index (χ0v) is 15.6. The third kappa shape index (κ3) is 4.55. The predicted molar refractivity (Wildman–Crippen MR) is 105 cm³/mol. The van der Waals surface area contributed by atoms with E-state index in [1.165, 1.54) is 23.3 Å². The summed E-state index contributed by atoms with van der Waals surface area (Å²) in [5, 5.41) is 4.18. The number of aryl methyl sites for hydroxylation is 1. The number of piperazine rings is 1. The Morgan fingerprint density at radius 3 is 2.40 bits per heavy atom. The summed E-state index contributed by atoms with van der Waals surface area (Å²) in [7, 11) is 0. The Bertz CT molecular complexity index is 737. The largest absolute Gasteiger partial charge is 0.346 e. The lowest BCUT2D eigenvalue weighted by Gasteiger charge is -2.36. The molecule has 0 aliphatic carbocycles. The fourth-order valence-corrected chi connectivity index (χ4v) is 3.33. The number of hydrogen-bond donors (Lipinski definition) is 1. The van der Waals surface area contributed by atoms with Gasteiger partial charge in [-0.3, -0.25) is 4.90 Å². The predicted octanol–water partition coefficient (Wildman–Crippen LogP) is 3.96. The van der Waals surface area contributed by atoms with Crippen molar-refractivity contribution in [3.05, 3.63) is 65.0 Å². The van der Waals surface area contributed by atoms with Crippen LogP contribution in [0, 0.1) is 19.7 Å². The van der Waals surface area contributed by atoms with Crippen molar-refractivity contribution in [3.63, 3.8) is 0 Å². The first-order valence-corrected chi connectivity index (χ1v) is 9.03. The molecule has 2 aromatic carbocycles. The second-order valence-corrected chi connectivity index (χ2v) is 6.95. The minimum Gasteiger partial charge on any atom is -0.346 e. The van der Waals surface area contributed by atoms with Crippen LogP contribution in [-0.4, -0.2) is 41.1 Å². The van der Waals surface area contributed by atoms with Crippen LogP contribution >= 0.6 is 12.2 Å². The van der Waals surface area contributed by atoms with E-state index >= 15 is 0 Å². The second-order valence-electron chi connectivity index (χ2n) is 6.57. The van der Waals surface area contributed by atoms with Crippen LogP contribution in [0.4, 0.5) is 10.1 Å². The van der Waals surface area contributed by atoms with E-state index in [9.17, 15) is 4.39 Å². The molecule has 1 saturated heterocycles. The Balaban J connectivity index is 1.52. The lowest BCUT2D eigenvalue weighted by atomic mass is 10.1. The van der Waals surface area contributed by atoms with Gasteiger partial charge in [-0.2, -0.15) is 0 Å². The van der Waals surface area contributed by atoms with Gasteiger partial charge >= 0.3 is 0 Å². The monoisotopic (exact) mass is 357 g/mol. The van der Waals surface area contributed by atoms with Gasteiger partial charge in [-0.05, 0) is 61.0 Å². The standard InChI is InChI=1S/C20H24FN3S/c1-15-4-3-5-19(16(15)2)22-20(25)24-12-10-23(11-13-24)14-17-6-8-18(21)9-7-17/h3-9H,10-14H2,1-2H3,(H,22,25). The maximum atomic E-state index is 13.0. The lowest BCUT2D eigenvalue weighted by Crippen LogP contribution is -2.49. The molecule has 0 aromatic heterocycles. The zero-order valence-electron chi connectivity index (χ0n) is 14.8. The lowest BCUT2D eigenvalue weighted by molar-refractivity contribution is 0.177. The number of nitrogens with zero attached hydrogens (tertiary/aromatic N) is 2. The van der Waals surface area contributed by atoms with E-state index < -0.39 is 0 Å². The third-order valence-corrected chi connectivity index (χ3v) is 5.19. The first-order valence-electron chi connectivity index (χ1n) is 8.62. The van der Waals surface area contributed by atoms with E-state index in [0.29, 0.717) is 0 Å². The molecule has 0 bridgehead atoms. The highest BCUT2D eigenvalue weighted by molar-refractivity contribution is 7.80. The van der Waals surface area contributed by atoms with Crippen molar-refractivity contribution in [2.45, 2.75) is 20.4 Å². The third-order valence-electron chi connectivity index (χ3n) is 4.83. The van der Waals surface area contributed by atoms with E-state index in [-0.39, 0.29) is 5.82 Å². The molecule has 132 valence electrons. The topological polar surface area (TPSA) is 18.5 Å². The molecule has 1 N–H and O–H groups in total. The maximum absolute atomic E-state index is 13.0. The number of halogens is 1. The van der Waals surface area contributed by atoms with Gasteiger partial charge in [0.05, 0.1) is 0 Å². The Morgan fingerprint density at radius 1 is 1.04 bits per heavy atom. The van der Waals surface area contributed by atoms with Gasteiger partial charge in [0.25, 0.3) is 0 Å². The molecule has 3 nitrogen and oxygen atoms in total. The van der Waals surface area contributed by atoms with Crippen molar-refractivity contribution in [2.75, 3.05) is 31.5 Å². The Hall–Kier alpha value is -1.98. The van der Waals surface area contributed by atoms with Gasteiger partial charge in [-0.1, -0.05) is 24.3 Å². The maximum Gasteiger partial charge on any atom is 0.173 e. The van der Waals surface area contributed by atoms with E-state index in [1.54, 1.807) is 0 Å². The molecule has 0 radical (unpaired) electrons. The first-order chi connectivity index (χ1) is 12.0. The van der Waals surface area contributed by atoms with Crippen molar-refractivity contribution in [1.82, 2.24) is 9.80 Å². The van der Waals surface area contributed by atoms with E-state index in [1.807, 2.05) is 18.2 Å². The van der Waals surface area contributed by atoms with Crippen LogP contribution in [0.3, 0.4) is 0 Å². The van der Waals surface area contributed by atoms with E-state index in [2.05, 4.69) is 41.1 Å². The van der Waals surface area contributed by atoms with Crippen molar-refractivity contribution in [3.8, 4) is 0 Å². The molecule has 0 amide bonds. The van der Waals surface area contributed by atoms with E-state index in [0.717, 1.165) is 49.1 Å². The molecule has 1 aliphatic heterocycles. The average molecular weight is 357 g/mol. The summed E-state index contributed by atoms with van der Waals surface area (Å²) in [5.41, 5.74) is 4.72. The van der Waals surface area contributed by atoms with Gasteiger partial charge in [0.15, 0.2) is 5.11 Å². The number of hydrogen-bond acceptors (Lipinski definition) is 2. The van der Waals surface area contributed by atoms with Gasteiger partial charge in [0.2, 0.25) is 0 Å². The van der Waals surface area contributed by atoms with E-state index in [4.69, 9.17) is 12.2 Å². The summed E-state index contributed by atoms with van der Waals surface area (Å²) in [4.78, 5) is 4.60. The normalized spacial score (nSPS) is 15.2. The molecule has 1 fully saturated rings. The molecule has 0 saturated carbocycles. The molecule has 25 heavy (non-hydrogen) atoms. The fraction of sp³-hybridized carbons (Fsp3) is 0.350. The van der Waals surface area contributed by atoms with Crippen LogP contribution in [0.25, 0.3) is 0 Å². The molecule has 5 heteroatoms. The first kappa shape index (κ1) is 17.8. The highest BCUT2D eigenvalue weighted by Crippen LogP contribution is 2.19. The molecule has 3 rings (SSSR count).